The minimum Gasteiger partial charge on any atom is -0.366 e. The Hall–Kier alpha value is -2.34. The second kappa shape index (κ2) is 6.19. The fourth-order valence-electron chi connectivity index (χ4n) is 3.33. The van der Waals surface area contributed by atoms with Crippen LogP contribution in [0.5, 0.6) is 0 Å². The van der Waals surface area contributed by atoms with Gasteiger partial charge in [-0.05, 0) is 71.0 Å². The zero-order chi connectivity index (χ0) is 17.6. The third kappa shape index (κ3) is 2.70. The number of nitrogens with two attached hydrogens (primary N) is 1. The van der Waals surface area contributed by atoms with Crippen molar-refractivity contribution in [2.24, 2.45) is 5.73 Å². The van der Waals surface area contributed by atoms with E-state index in [1.54, 1.807) is 6.07 Å². The summed E-state index contributed by atoms with van der Waals surface area (Å²) in [5, 5.41) is 1.83. The Bertz CT molecular complexity index is 1130. The molecule has 4 aromatic rings. The van der Waals surface area contributed by atoms with Crippen LogP contribution in [0.4, 0.5) is 0 Å². The number of carbonyl (C=O) groups excluding carboxylic acids is 1. The van der Waals surface area contributed by atoms with Gasteiger partial charge in [0.1, 0.15) is 0 Å². The normalized spacial score (nSPS) is 11.3. The fraction of sp³-hybridized carbons (Fsp3) is 0.0952. The van der Waals surface area contributed by atoms with E-state index < -0.39 is 5.91 Å². The number of halogens is 1. The molecule has 1 heterocycles. The fourth-order valence-corrected chi connectivity index (χ4v) is 3.89. The first-order valence-corrected chi connectivity index (χ1v) is 9.10. The lowest BCUT2D eigenvalue weighted by Gasteiger charge is -2.10. The van der Waals surface area contributed by atoms with Gasteiger partial charge in [0.15, 0.2) is 0 Å². The van der Waals surface area contributed by atoms with Crippen LogP contribution in [-0.4, -0.2) is 10.5 Å². The largest absolute Gasteiger partial charge is 0.366 e. The number of carbonyl (C=O) groups is 1. The molecule has 1 amide bonds. The second-order valence-electron chi connectivity index (χ2n) is 6.18. The highest BCUT2D eigenvalue weighted by Gasteiger charge is 2.17. The molecule has 4 rings (SSSR count). The molecule has 0 bridgehead atoms. The molecule has 0 saturated carbocycles. The average molecular weight is 439 g/mol. The standard InChI is InChI=1S/C21H16IN2O/c1-13-9-10-15-19(11-13)24(12-14-5-2-3-7-17(14)22)18-8-4-6-16(20(15)18)21(23)25/h2-9,11H,12H2,1H3,(H2,23,25). The molecule has 4 heteroatoms. The van der Waals surface area contributed by atoms with Crippen LogP contribution in [0.3, 0.4) is 0 Å². The van der Waals surface area contributed by atoms with Gasteiger partial charge in [0.05, 0.1) is 11.0 Å². The molecule has 0 fully saturated rings. The lowest BCUT2D eigenvalue weighted by Crippen LogP contribution is -2.11. The molecule has 3 aromatic carbocycles. The van der Waals surface area contributed by atoms with Crippen molar-refractivity contribution in [1.82, 2.24) is 4.57 Å². The maximum Gasteiger partial charge on any atom is 0.249 e. The monoisotopic (exact) mass is 439 g/mol. The van der Waals surface area contributed by atoms with Crippen LogP contribution < -0.4 is 5.73 Å². The van der Waals surface area contributed by atoms with E-state index in [0.29, 0.717) is 5.56 Å². The minimum absolute atomic E-state index is 0.409. The van der Waals surface area contributed by atoms with Gasteiger partial charge in [0.2, 0.25) is 5.91 Å². The minimum atomic E-state index is -0.409. The smallest absolute Gasteiger partial charge is 0.249 e. The molecule has 3 nitrogen and oxygen atoms in total. The van der Waals surface area contributed by atoms with E-state index in [-0.39, 0.29) is 0 Å². The van der Waals surface area contributed by atoms with Gasteiger partial charge in [-0.1, -0.05) is 30.3 Å². The predicted molar refractivity (Wildman–Crippen MR) is 110 cm³/mol. The SMILES string of the molecule is Cc1c[c]c2c3c(C(N)=O)cccc3n(Cc3ccccc3I)c2c1. The van der Waals surface area contributed by atoms with Crippen LogP contribution in [0.25, 0.3) is 21.8 Å². The molecular formula is C21H16IN2O. The van der Waals surface area contributed by atoms with Crippen molar-refractivity contribution in [2.45, 2.75) is 13.5 Å². The average Bonchev–Trinajstić information content (AvgIpc) is 2.90. The van der Waals surface area contributed by atoms with Gasteiger partial charge < -0.3 is 10.3 Å². The lowest BCUT2D eigenvalue weighted by molar-refractivity contribution is 0.100. The van der Waals surface area contributed by atoms with Crippen LogP contribution in [0.15, 0.2) is 54.6 Å². The molecule has 123 valence electrons. The molecule has 0 aliphatic carbocycles. The summed E-state index contributed by atoms with van der Waals surface area (Å²) in [6.45, 7) is 2.79. The predicted octanol–water partition coefficient (Wildman–Crippen LogP) is 4.65. The highest BCUT2D eigenvalue weighted by atomic mass is 127. The Kier molecular flexibility index (Phi) is 4.00. The van der Waals surface area contributed by atoms with Gasteiger partial charge in [-0.2, -0.15) is 0 Å². The van der Waals surface area contributed by atoms with Crippen LogP contribution in [-0.2, 0) is 6.54 Å². The molecule has 0 aliphatic heterocycles. The van der Waals surface area contributed by atoms with Crippen molar-refractivity contribution < 1.29 is 4.79 Å². The van der Waals surface area contributed by atoms with Crippen molar-refractivity contribution in [3.05, 3.63) is 80.9 Å². The molecule has 2 N–H and O–H groups in total. The first-order chi connectivity index (χ1) is 12.1. The number of rotatable bonds is 3. The van der Waals surface area contributed by atoms with E-state index in [2.05, 4.69) is 64.4 Å². The van der Waals surface area contributed by atoms with Crippen molar-refractivity contribution in [2.75, 3.05) is 0 Å². The first kappa shape index (κ1) is 16.1. The molecule has 0 aliphatic rings. The quantitative estimate of drug-likeness (QED) is 0.464. The summed E-state index contributed by atoms with van der Waals surface area (Å²) in [4.78, 5) is 11.9. The van der Waals surface area contributed by atoms with Gasteiger partial charge >= 0.3 is 0 Å². The molecule has 0 spiro atoms. The number of primary amides is 1. The number of benzene rings is 3. The van der Waals surface area contributed by atoms with Gasteiger partial charge in [-0.25, -0.2) is 0 Å². The van der Waals surface area contributed by atoms with Crippen LogP contribution in [0.2, 0.25) is 0 Å². The summed E-state index contributed by atoms with van der Waals surface area (Å²) < 4.78 is 3.47. The summed E-state index contributed by atoms with van der Waals surface area (Å²) in [6, 6.07) is 21.5. The lowest BCUT2D eigenvalue weighted by atomic mass is 10.1. The highest BCUT2D eigenvalue weighted by molar-refractivity contribution is 14.1. The van der Waals surface area contributed by atoms with Gasteiger partial charge in [-0.15, -0.1) is 0 Å². The second-order valence-corrected chi connectivity index (χ2v) is 7.34. The zero-order valence-electron chi connectivity index (χ0n) is 13.7. The Morgan fingerprint density at radius 2 is 1.96 bits per heavy atom. The Balaban J connectivity index is 2.08. The summed E-state index contributed by atoms with van der Waals surface area (Å²) >= 11 is 2.36. The molecule has 0 unspecified atom stereocenters. The Morgan fingerprint density at radius 3 is 2.72 bits per heavy atom. The summed E-state index contributed by atoms with van der Waals surface area (Å²) in [7, 11) is 0. The highest BCUT2D eigenvalue weighted by Crippen LogP contribution is 2.33. The topological polar surface area (TPSA) is 48.0 Å². The van der Waals surface area contributed by atoms with Gasteiger partial charge in [0.25, 0.3) is 0 Å². The third-order valence-electron chi connectivity index (χ3n) is 4.49. The molecule has 25 heavy (non-hydrogen) atoms. The number of fused-ring (bicyclic) bond motifs is 3. The summed E-state index contributed by atoms with van der Waals surface area (Å²) in [5.74, 6) is -0.409. The molecule has 0 atom stereocenters. The number of aromatic nitrogens is 1. The van der Waals surface area contributed by atoms with E-state index >= 15 is 0 Å². The number of amides is 1. The van der Waals surface area contributed by atoms with Crippen molar-refractivity contribution >= 4 is 50.3 Å². The summed E-state index contributed by atoms with van der Waals surface area (Å²) in [5.41, 5.74) is 10.6. The Morgan fingerprint density at radius 1 is 1.16 bits per heavy atom. The first-order valence-electron chi connectivity index (χ1n) is 8.02. The molecule has 1 aromatic heterocycles. The number of nitrogens with zero attached hydrogens (tertiary/aromatic N) is 1. The van der Waals surface area contributed by atoms with Crippen molar-refractivity contribution in [1.29, 1.82) is 0 Å². The number of hydrogen-bond donors (Lipinski definition) is 1. The van der Waals surface area contributed by atoms with E-state index in [1.807, 2.05) is 24.3 Å². The molecule has 0 saturated heterocycles. The summed E-state index contributed by atoms with van der Waals surface area (Å²) in [6.07, 6.45) is 0. The zero-order valence-corrected chi connectivity index (χ0v) is 15.9. The van der Waals surface area contributed by atoms with Crippen molar-refractivity contribution in [3.8, 4) is 0 Å². The molecule has 1 radical (unpaired) electrons. The van der Waals surface area contributed by atoms with E-state index in [9.17, 15) is 4.79 Å². The Labute approximate surface area is 159 Å². The van der Waals surface area contributed by atoms with Gasteiger partial charge in [-0.3, -0.25) is 4.79 Å². The maximum absolute atomic E-state index is 11.9. The van der Waals surface area contributed by atoms with E-state index in [1.165, 1.54) is 9.13 Å². The number of hydrogen-bond acceptors (Lipinski definition) is 1. The van der Waals surface area contributed by atoms with E-state index in [4.69, 9.17) is 5.73 Å². The third-order valence-corrected chi connectivity index (χ3v) is 5.54. The van der Waals surface area contributed by atoms with Gasteiger partial charge in [0, 0.05) is 26.5 Å². The van der Waals surface area contributed by atoms with Crippen LogP contribution in [0.1, 0.15) is 21.5 Å². The van der Waals surface area contributed by atoms with E-state index in [0.717, 1.165) is 33.9 Å². The number of aryl methyl sites for hydroxylation is 1. The molecular weight excluding hydrogens is 423 g/mol. The van der Waals surface area contributed by atoms with Crippen LogP contribution >= 0.6 is 22.6 Å². The van der Waals surface area contributed by atoms with Crippen molar-refractivity contribution in [3.63, 3.8) is 0 Å². The maximum atomic E-state index is 11.9. The van der Waals surface area contributed by atoms with Crippen LogP contribution in [0, 0.1) is 16.6 Å².